The van der Waals surface area contributed by atoms with E-state index in [4.69, 9.17) is 11.6 Å². The smallest absolute Gasteiger partial charge is 0.147 e. The second-order valence-electron chi connectivity index (χ2n) is 5.61. The number of nitrogens with one attached hydrogen (secondary N) is 1. The van der Waals surface area contributed by atoms with Gasteiger partial charge in [-0.15, -0.1) is 0 Å². The number of aryl methyl sites for hydroxylation is 1. The number of hydrogen-bond acceptors (Lipinski definition) is 4. The van der Waals surface area contributed by atoms with Crippen LogP contribution in [0.3, 0.4) is 0 Å². The molecule has 2 aromatic rings. The lowest BCUT2D eigenvalue weighted by atomic mass is 10.2. The second kappa shape index (κ2) is 6.03. The van der Waals surface area contributed by atoms with Crippen LogP contribution in [0.2, 0.25) is 5.02 Å². The van der Waals surface area contributed by atoms with Crippen LogP contribution in [0.1, 0.15) is 24.2 Å². The summed E-state index contributed by atoms with van der Waals surface area (Å²) in [4.78, 5) is 10.8. The summed E-state index contributed by atoms with van der Waals surface area (Å²) in [6.07, 6.45) is 8.19. The van der Waals surface area contributed by atoms with E-state index in [2.05, 4.69) is 15.3 Å². The van der Waals surface area contributed by atoms with Gasteiger partial charge in [-0.25, -0.2) is 9.97 Å². The van der Waals surface area contributed by atoms with Gasteiger partial charge in [0.15, 0.2) is 0 Å². The van der Waals surface area contributed by atoms with Crippen LogP contribution in [0.25, 0.3) is 0 Å². The summed E-state index contributed by atoms with van der Waals surface area (Å²) in [6, 6.07) is 2.68. The molecule has 112 valence electrons. The third kappa shape index (κ3) is 3.54. The molecule has 0 atom stereocenters. The van der Waals surface area contributed by atoms with Crippen LogP contribution in [-0.4, -0.2) is 27.6 Å². The van der Waals surface area contributed by atoms with E-state index in [-0.39, 0.29) is 0 Å². The fraction of sp³-hybridized carbons (Fsp3) is 0.467. The molecule has 0 aliphatic heterocycles. The molecule has 0 unspecified atom stereocenters. The van der Waals surface area contributed by atoms with E-state index in [9.17, 15) is 0 Å². The first-order valence-electron chi connectivity index (χ1n) is 7.18. The fourth-order valence-corrected chi connectivity index (χ4v) is 2.57. The molecule has 1 fully saturated rings. The lowest BCUT2D eigenvalue weighted by Gasteiger charge is -2.19. The van der Waals surface area contributed by atoms with Gasteiger partial charge in [-0.05, 0) is 24.5 Å². The van der Waals surface area contributed by atoms with Crippen LogP contribution in [0.15, 0.2) is 24.7 Å². The first-order valence-corrected chi connectivity index (χ1v) is 7.56. The van der Waals surface area contributed by atoms with Crippen LogP contribution in [0.5, 0.6) is 0 Å². The third-order valence-electron chi connectivity index (χ3n) is 3.71. The quantitative estimate of drug-likeness (QED) is 0.890. The van der Waals surface area contributed by atoms with E-state index >= 15 is 0 Å². The summed E-state index contributed by atoms with van der Waals surface area (Å²) < 4.78 is 2.00. The van der Waals surface area contributed by atoms with Crippen molar-refractivity contribution < 1.29 is 0 Å². The molecular weight excluding hydrogens is 286 g/mol. The maximum atomic E-state index is 6.38. The Kier molecular flexibility index (Phi) is 4.12. The van der Waals surface area contributed by atoms with Crippen LogP contribution in [0, 0.1) is 0 Å². The molecule has 1 aliphatic rings. The number of anilines is 1. The normalized spacial score (nSPS) is 14.4. The number of halogens is 1. The van der Waals surface area contributed by atoms with Gasteiger partial charge in [0.1, 0.15) is 11.6 Å². The highest BCUT2D eigenvalue weighted by Crippen LogP contribution is 2.25. The first kappa shape index (κ1) is 14.4. The number of aromatic nitrogens is 3. The van der Waals surface area contributed by atoms with Crippen molar-refractivity contribution in [2.24, 2.45) is 7.05 Å². The van der Waals surface area contributed by atoms with E-state index in [1.807, 2.05) is 42.0 Å². The van der Waals surface area contributed by atoms with E-state index in [0.717, 1.165) is 23.8 Å². The molecule has 2 heterocycles. The zero-order valence-electron chi connectivity index (χ0n) is 12.4. The largest absolute Gasteiger partial charge is 0.351 e. The fourth-order valence-electron chi connectivity index (χ4n) is 2.23. The molecule has 5 nitrogen and oxygen atoms in total. The Morgan fingerprint density at radius 1 is 1.43 bits per heavy atom. The highest BCUT2D eigenvalue weighted by Gasteiger charge is 2.20. The van der Waals surface area contributed by atoms with Crippen LogP contribution < -0.4 is 10.2 Å². The monoisotopic (exact) mass is 305 g/mol. The Balaban J connectivity index is 1.67. The minimum atomic E-state index is 0.676. The number of rotatable bonds is 6. The summed E-state index contributed by atoms with van der Waals surface area (Å²) in [5.41, 5.74) is 1.13. The summed E-state index contributed by atoms with van der Waals surface area (Å²) in [5, 5.41) is 4.15. The van der Waals surface area contributed by atoms with Gasteiger partial charge in [0, 0.05) is 45.3 Å². The van der Waals surface area contributed by atoms with Gasteiger partial charge in [-0.1, -0.05) is 11.6 Å². The molecule has 6 heteroatoms. The highest BCUT2D eigenvalue weighted by atomic mass is 35.5. The van der Waals surface area contributed by atoms with E-state index in [0.29, 0.717) is 17.6 Å². The number of nitrogens with zero attached hydrogens (tertiary/aromatic N) is 4. The predicted octanol–water partition coefficient (Wildman–Crippen LogP) is 2.36. The van der Waals surface area contributed by atoms with Crippen molar-refractivity contribution in [1.29, 1.82) is 0 Å². The summed E-state index contributed by atoms with van der Waals surface area (Å²) in [6.45, 7) is 1.51. The van der Waals surface area contributed by atoms with Gasteiger partial charge in [0.25, 0.3) is 0 Å². The van der Waals surface area contributed by atoms with E-state index < -0.39 is 0 Å². The van der Waals surface area contributed by atoms with Crippen molar-refractivity contribution in [2.75, 3.05) is 11.9 Å². The Hall–Kier alpha value is -1.59. The SMILES string of the molecule is CN(Cc1nccn1C)c1ncc(CNC2CC2)cc1Cl. The molecule has 0 amide bonds. The minimum absolute atomic E-state index is 0.676. The zero-order valence-corrected chi connectivity index (χ0v) is 13.1. The molecule has 0 bridgehead atoms. The summed E-state index contributed by atoms with van der Waals surface area (Å²) in [7, 11) is 3.96. The van der Waals surface area contributed by atoms with Crippen molar-refractivity contribution in [3.63, 3.8) is 0 Å². The standard InChI is InChI=1S/C15H20ClN5/c1-20-6-5-17-14(20)10-21(2)15-13(16)7-11(9-19-15)8-18-12-3-4-12/h5-7,9,12,18H,3-4,8,10H2,1-2H3. The van der Waals surface area contributed by atoms with Crippen molar-refractivity contribution >= 4 is 17.4 Å². The Bertz CT molecular complexity index is 620. The topological polar surface area (TPSA) is 46.0 Å². The van der Waals surface area contributed by atoms with Crippen LogP contribution >= 0.6 is 11.6 Å². The average molecular weight is 306 g/mol. The van der Waals surface area contributed by atoms with Crippen molar-refractivity contribution in [1.82, 2.24) is 19.9 Å². The Morgan fingerprint density at radius 2 is 2.24 bits per heavy atom. The molecule has 0 saturated heterocycles. The predicted molar refractivity (Wildman–Crippen MR) is 84.4 cm³/mol. The minimum Gasteiger partial charge on any atom is -0.351 e. The van der Waals surface area contributed by atoms with Gasteiger partial charge >= 0.3 is 0 Å². The van der Waals surface area contributed by atoms with Gasteiger partial charge in [0.05, 0.1) is 11.6 Å². The molecule has 21 heavy (non-hydrogen) atoms. The molecular formula is C15H20ClN5. The summed E-state index contributed by atoms with van der Waals surface area (Å²) >= 11 is 6.38. The second-order valence-corrected chi connectivity index (χ2v) is 6.02. The molecule has 3 rings (SSSR count). The van der Waals surface area contributed by atoms with Gasteiger partial charge < -0.3 is 14.8 Å². The van der Waals surface area contributed by atoms with Gasteiger partial charge in [-0.2, -0.15) is 0 Å². The molecule has 1 aliphatic carbocycles. The number of imidazole rings is 1. The number of hydrogen-bond donors (Lipinski definition) is 1. The lowest BCUT2D eigenvalue weighted by molar-refractivity contribution is 0.685. The summed E-state index contributed by atoms with van der Waals surface area (Å²) in [5.74, 6) is 1.77. The Labute approximate surface area is 130 Å². The average Bonchev–Trinajstić information content (AvgIpc) is 3.20. The van der Waals surface area contributed by atoms with Gasteiger partial charge in [0.2, 0.25) is 0 Å². The molecule has 0 spiro atoms. The Morgan fingerprint density at radius 3 is 2.86 bits per heavy atom. The first-order chi connectivity index (χ1) is 10.1. The van der Waals surface area contributed by atoms with Gasteiger partial charge in [-0.3, -0.25) is 0 Å². The zero-order chi connectivity index (χ0) is 14.8. The third-order valence-corrected chi connectivity index (χ3v) is 3.99. The van der Waals surface area contributed by atoms with Crippen molar-refractivity contribution in [2.45, 2.75) is 32.0 Å². The molecule has 0 aromatic carbocycles. The maximum absolute atomic E-state index is 6.38. The molecule has 0 radical (unpaired) electrons. The highest BCUT2D eigenvalue weighted by molar-refractivity contribution is 6.33. The number of pyridine rings is 1. The van der Waals surface area contributed by atoms with Crippen molar-refractivity contribution in [3.05, 3.63) is 41.1 Å². The molecule has 1 saturated carbocycles. The van der Waals surface area contributed by atoms with Crippen LogP contribution in [0.4, 0.5) is 5.82 Å². The van der Waals surface area contributed by atoms with E-state index in [1.165, 1.54) is 12.8 Å². The lowest BCUT2D eigenvalue weighted by Crippen LogP contribution is -2.21. The maximum Gasteiger partial charge on any atom is 0.147 e. The molecule has 2 aromatic heterocycles. The van der Waals surface area contributed by atoms with E-state index in [1.54, 1.807) is 6.20 Å². The van der Waals surface area contributed by atoms with Crippen LogP contribution in [-0.2, 0) is 20.1 Å². The molecule has 1 N–H and O–H groups in total. The van der Waals surface area contributed by atoms with Crippen molar-refractivity contribution in [3.8, 4) is 0 Å².